The summed E-state index contributed by atoms with van der Waals surface area (Å²) in [6.45, 7) is 0.315. The Morgan fingerprint density at radius 1 is 0.828 bits per heavy atom. The van der Waals surface area contributed by atoms with Crippen LogP contribution in [0, 0.1) is 11.3 Å². The number of rotatable bonds is 6. The van der Waals surface area contributed by atoms with Gasteiger partial charge in [-0.05, 0) is 59.7 Å². The molecule has 1 aromatic heterocycles. The zero-order valence-corrected chi connectivity index (χ0v) is 15.8. The largest absolute Gasteiger partial charge is 0.497 e. The molecule has 1 heterocycles. The van der Waals surface area contributed by atoms with E-state index in [0.717, 1.165) is 28.2 Å². The van der Waals surface area contributed by atoms with E-state index < -0.39 is 0 Å². The third-order valence-corrected chi connectivity index (χ3v) is 4.48. The zero-order valence-electron chi connectivity index (χ0n) is 15.8. The standard InChI is InChI=1S/C24H18N2O3/c1-27-22-10-8-20(9-11-22)24-26-21(16-29-24)15-28-23-12-6-19(7-13-23)18-4-2-17(14-25)3-5-18/h2-13,16H,15H2,1H3. The highest BCUT2D eigenvalue weighted by Gasteiger charge is 2.08. The van der Waals surface area contributed by atoms with Gasteiger partial charge in [-0.3, -0.25) is 0 Å². The molecule has 0 atom stereocenters. The van der Waals surface area contributed by atoms with Crippen molar-refractivity contribution in [1.29, 1.82) is 5.26 Å². The molecule has 0 unspecified atom stereocenters. The summed E-state index contributed by atoms with van der Waals surface area (Å²) in [7, 11) is 1.63. The summed E-state index contributed by atoms with van der Waals surface area (Å²) in [6, 6.07) is 25.0. The van der Waals surface area contributed by atoms with E-state index >= 15 is 0 Å². The summed E-state index contributed by atoms with van der Waals surface area (Å²) in [6.07, 6.45) is 1.60. The van der Waals surface area contributed by atoms with Gasteiger partial charge in [0.05, 0.1) is 18.7 Å². The Balaban J connectivity index is 1.39. The van der Waals surface area contributed by atoms with Crippen molar-refractivity contribution in [2.45, 2.75) is 6.61 Å². The molecule has 0 fully saturated rings. The van der Waals surface area contributed by atoms with Crippen LogP contribution in [-0.4, -0.2) is 12.1 Å². The van der Waals surface area contributed by atoms with Crippen LogP contribution in [0.4, 0.5) is 0 Å². The second-order valence-electron chi connectivity index (χ2n) is 6.37. The second kappa shape index (κ2) is 8.32. The van der Waals surface area contributed by atoms with Crippen molar-refractivity contribution in [3.8, 4) is 40.1 Å². The van der Waals surface area contributed by atoms with Gasteiger partial charge < -0.3 is 13.9 Å². The first-order valence-electron chi connectivity index (χ1n) is 9.07. The van der Waals surface area contributed by atoms with Crippen molar-refractivity contribution < 1.29 is 13.9 Å². The number of ether oxygens (including phenoxy) is 2. The molecule has 29 heavy (non-hydrogen) atoms. The number of hydrogen-bond donors (Lipinski definition) is 0. The van der Waals surface area contributed by atoms with E-state index in [4.69, 9.17) is 19.2 Å². The number of nitrogens with zero attached hydrogens (tertiary/aromatic N) is 2. The molecule has 0 amide bonds. The molecule has 0 spiro atoms. The third-order valence-electron chi connectivity index (χ3n) is 4.48. The molecule has 0 saturated carbocycles. The third kappa shape index (κ3) is 4.28. The summed E-state index contributed by atoms with van der Waals surface area (Å²) >= 11 is 0. The van der Waals surface area contributed by atoms with Gasteiger partial charge in [0.1, 0.15) is 30.1 Å². The Hall–Kier alpha value is -4.04. The van der Waals surface area contributed by atoms with Crippen LogP contribution in [0.15, 0.2) is 83.5 Å². The smallest absolute Gasteiger partial charge is 0.226 e. The maximum atomic E-state index is 8.89. The van der Waals surface area contributed by atoms with E-state index in [0.29, 0.717) is 23.8 Å². The minimum Gasteiger partial charge on any atom is -0.497 e. The molecule has 142 valence electrons. The summed E-state index contributed by atoms with van der Waals surface area (Å²) < 4.78 is 16.5. The lowest BCUT2D eigenvalue weighted by atomic mass is 10.0. The molecule has 4 rings (SSSR count). The van der Waals surface area contributed by atoms with E-state index in [1.807, 2.05) is 72.8 Å². The molecule has 0 saturated heterocycles. The van der Waals surface area contributed by atoms with Crippen LogP contribution < -0.4 is 9.47 Å². The molecule has 0 aliphatic carbocycles. The molecule has 0 bridgehead atoms. The molecule has 5 heteroatoms. The first kappa shape index (κ1) is 18.3. The van der Waals surface area contributed by atoms with Crippen LogP contribution in [0.3, 0.4) is 0 Å². The maximum absolute atomic E-state index is 8.89. The van der Waals surface area contributed by atoms with Crippen molar-refractivity contribution in [2.75, 3.05) is 7.11 Å². The van der Waals surface area contributed by atoms with Gasteiger partial charge in [-0.25, -0.2) is 4.98 Å². The van der Waals surface area contributed by atoms with Crippen molar-refractivity contribution in [3.63, 3.8) is 0 Å². The first-order valence-corrected chi connectivity index (χ1v) is 9.07. The van der Waals surface area contributed by atoms with Gasteiger partial charge >= 0.3 is 0 Å². The lowest BCUT2D eigenvalue weighted by Crippen LogP contribution is -1.95. The average molecular weight is 382 g/mol. The monoisotopic (exact) mass is 382 g/mol. The van der Waals surface area contributed by atoms with Crippen molar-refractivity contribution in [3.05, 3.63) is 90.3 Å². The minimum absolute atomic E-state index is 0.315. The second-order valence-corrected chi connectivity index (χ2v) is 6.37. The molecule has 0 radical (unpaired) electrons. The van der Waals surface area contributed by atoms with Gasteiger partial charge in [-0.15, -0.1) is 0 Å². The Kier molecular flexibility index (Phi) is 5.26. The predicted molar refractivity (Wildman–Crippen MR) is 109 cm³/mol. The SMILES string of the molecule is COc1ccc(-c2nc(COc3ccc(-c4ccc(C#N)cc4)cc3)co2)cc1. The van der Waals surface area contributed by atoms with E-state index in [1.165, 1.54) is 0 Å². The van der Waals surface area contributed by atoms with Crippen molar-refractivity contribution >= 4 is 0 Å². The Bertz CT molecular complexity index is 1120. The fourth-order valence-electron chi connectivity index (χ4n) is 2.88. The highest BCUT2D eigenvalue weighted by molar-refractivity contribution is 5.65. The Morgan fingerprint density at radius 2 is 1.41 bits per heavy atom. The highest BCUT2D eigenvalue weighted by atomic mass is 16.5. The molecular formula is C24H18N2O3. The van der Waals surface area contributed by atoms with Crippen molar-refractivity contribution in [2.24, 2.45) is 0 Å². The number of oxazole rings is 1. The topological polar surface area (TPSA) is 68.3 Å². The van der Waals surface area contributed by atoms with E-state index in [2.05, 4.69) is 11.1 Å². The molecule has 4 aromatic rings. The number of hydrogen-bond acceptors (Lipinski definition) is 5. The minimum atomic E-state index is 0.315. The number of methoxy groups -OCH3 is 1. The molecule has 0 N–H and O–H groups in total. The van der Waals surface area contributed by atoms with Gasteiger partial charge in [-0.2, -0.15) is 5.26 Å². The van der Waals surface area contributed by atoms with E-state index in [1.54, 1.807) is 13.4 Å². The first-order chi connectivity index (χ1) is 14.2. The molecule has 3 aromatic carbocycles. The maximum Gasteiger partial charge on any atom is 0.226 e. The van der Waals surface area contributed by atoms with E-state index in [9.17, 15) is 0 Å². The van der Waals surface area contributed by atoms with Crippen LogP contribution in [-0.2, 0) is 6.61 Å². The van der Waals surface area contributed by atoms with Gasteiger partial charge in [0.25, 0.3) is 0 Å². The fraction of sp³-hybridized carbons (Fsp3) is 0.0833. The number of nitriles is 1. The highest BCUT2D eigenvalue weighted by Crippen LogP contribution is 2.24. The van der Waals surface area contributed by atoms with Gasteiger partial charge in [0.15, 0.2) is 0 Å². The predicted octanol–water partition coefficient (Wildman–Crippen LogP) is 5.47. The van der Waals surface area contributed by atoms with Crippen LogP contribution in [0.25, 0.3) is 22.6 Å². The molecular weight excluding hydrogens is 364 g/mol. The van der Waals surface area contributed by atoms with Gasteiger partial charge in [-0.1, -0.05) is 24.3 Å². The Morgan fingerprint density at radius 3 is 2.03 bits per heavy atom. The van der Waals surface area contributed by atoms with Crippen molar-refractivity contribution in [1.82, 2.24) is 4.98 Å². The molecule has 0 aliphatic heterocycles. The lowest BCUT2D eigenvalue weighted by molar-refractivity contribution is 0.301. The fourth-order valence-corrected chi connectivity index (χ4v) is 2.88. The van der Waals surface area contributed by atoms with E-state index in [-0.39, 0.29) is 0 Å². The Labute approximate surface area is 168 Å². The number of aromatic nitrogens is 1. The summed E-state index contributed by atoms with van der Waals surface area (Å²) in [5.74, 6) is 2.08. The summed E-state index contributed by atoms with van der Waals surface area (Å²) in [4.78, 5) is 4.47. The number of benzene rings is 3. The van der Waals surface area contributed by atoms with Crippen LogP contribution in [0.5, 0.6) is 11.5 Å². The average Bonchev–Trinajstić information content (AvgIpc) is 3.27. The van der Waals surface area contributed by atoms with Crippen LogP contribution in [0.1, 0.15) is 11.3 Å². The normalized spacial score (nSPS) is 10.3. The zero-order chi connectivity index (χ0) is 20.1. The molecule has 0 aliphatic rings. The lowest BCUT2D eigenvalue weighted by Gasteiger charge is -2.06. The van der Waals surface area contributed by atoms with Gasteiger partial charge in [0, 0.05) is 5.56 Å². The van der Waals surface area contributed by atoms with Crippen LogP contribution >= 0.6 is 0 Å². The van der Waals surface area contributed by atoms with Crippen LogP contribution in [0.2, 0.25) is 0 Å². The quantitative estimate of drug-likeness (QED) is 0.442. The summed E-state index contributed by atoms with van der Waals surface area (Å²) in [5, 5.41) is 8.89. The summed E-state index contributed by atoms with van der Waals surface area (Å²) in [5.41, 5.74) is 4.35. The molecule has 5 nitrogen and oxygen atoms in total. The van der Waals surface area contributed by atoms with Gasteiger partial charge in [0.2, 0.25) is 5.89 Å².